The van der Waals surface area contributed by atoms with E-state index in [0.29, 0.717) is 24.6 Å². The number of halogens is 2. The minimum Gasteiger partial charge on any atom is -0.397 e. The van der Waals surface area contributed by atoms with Crippen LogP contribution in [-0.4, -0.2) is 32.1 Å². The van der Waals surface area contributed by atoms with Gasteiger partial charge in [0.1, 0.15) is 5.82 Å². The molecule has 19 heavy (non-hydrogen) atoms. The number of ether oxygens (including phenoxy) is 2. The summed E-state index contributed by atoms with van der Waals surface area (Å²) >= 11 is 5.71. The lowest BCUT2D eigenvalue weighted by molar-refractivity contribution is -0.169. The number of benzene rings is 1. The molecule has 6 heteroatoms. The Morgan fingerprint density at radius 2 is 1.84 bits per heavy atom. The van der Waals surface area contributed by atoms with Gasteiger partial charge in [-0.05, 0) is 6.07 Å². The van der Waals surface area contributed by atoms with E-state index in [1.54, 1.807) is 0 Å². The highest BCUT2D eigenvalue weighted by Gasteiger charge is 2.40. The molecule has 4 nitrogen and oxygen atoms in total. The molecule has 3 rings (SSSR count). The first kappa shape index (κ1) is 13.0. The van der Waals surface area contributed by atoms with Crippen LogP contribution in [-0.2, 0) is 9.47 Å². The van der Waals surface area contributed by atoms with Crippen LogP contribution < -0.4 is 10.6 Å². The second kappa shape index (κ2) is 4.81. The standard InChI is InChI=1S/C13H16ClFN2O2/c14-9-7-11(16)12(8-10(9)15)17-3-1-13(2-4-17)18-5-6-19-13/h7-8H,1-6,16H2. The van der Waals surface area contributed by atoms with Crippen LogP contribution in [0.5, 0.6) is 0 Å². The summed E-state index contributed by atoms with van der Waals surface area (Å²) < 4.78 is 24.9. The summed E-state index contributed by atoms with van der Waals surface area (Å²) in [4.78, 5) is 2.05. The van der Waals surface area contributed by atoms with Crippen LogP contribution >= 0.6 is 11.6 Å². The van der Waals surface area contributed by atoms with Crippen molar-refractivity contribution in [1.29, 1.82) is 0 Å². The van der Waals surface area contributed by atoms with Gasteiger partial charge in [0.15, 0.2) is 5.79 Å². The van der Waals surface area contributed by atoms with E-state index in [4.69, 9.17) is 26.8 Å². The van der Waals surface area contributed by atoms with Crippen molar-refractivity contribution in [3.8, 4) is 0 Å². The molecule has 0 radical (unpaired) electrons. The summed E-state index contributed by atoms with van der Waals surface area (Å²) in [5, 5.41) is 0.0530. The lowest BCUT2D eigenvalue weighted by Gasteiger charge is -2.39. The monoisotopic (exact) mass is 286 g/mol. The van der Waals surface area contributed by atoms with Gasteiger partial charge in [-0.1, -0.05) is 11.6 Å². The Bertz CT molecular complexity index is 482. The molecule has 0 aliphatic carbocycles. The Labute approximate surface area is 116 Å². The molecule has 0 atom stereocenters. The van der Waals surface area contributed by atoms with Crippen LogP contribution in [0.25, 0.3) is 0 Å². The predicted molar refractivity (Wildman–Crippen MR) is 71.9 cm³/mol. The van der Waals surface area contributed by atoms with Crippen LogP contribution in [0.4, 0.5) is 15.8 Å². The quantitative estimate of drug-likeness (QED) is 0.806. The Morgan fingerprint density at radius 3 is 2.47 bits per heavy atom. The molecule has 0 saturated carbocycles. The van der Waals surface area contributed by atoms with Crippen LogP contribution in [0.2, 0.25) is 5.02 Å². The van der Waals surface area contributed by atoms with Crippen molar-refractivity contribution in [2.75, 3.05) is 36.9 Å². The molecule has 0 bridgehead atoms. The van der Waals surface area contributed by atoms with E-state index in [1.165, 1.54) is 12.1 Å². The first-order valence-corrected chi connectivity index (χ1v) is 6.75. The number of hydrogen-bond donors (Lipinski definition) is 1. The van der Waals surface area contributed by atoms with Gasteiger partial charge < -0.3 is 20.1 Å². The van der Waals surface area contributed by atoms with Gasteiger partial charge in [0.2, 0.25) is 0 Å². The number of hydrogen-bond acceptors (Lipinski definition) is 4. The van der Waals surface area contributed by atoms with E-state index in [1.807, 2.05) is 4.90 Å². The summed E-state index contributed by atoms with van der Waals surface area (Å²) in [6.45, 7) is 2.76. The van der Waals surface area contributed by atoms with E-state index >= 15 is 0 Å². The molecule has 1 aromatic carbocycles. The van der Waals surface area contributed by atoms with Gasteiger partial charge in [0, 0.05) is 32.0 Å². The lowest BCUT2D eigenvalue weighted by atomic mass is 10.0. The second-order valence-corrected chi connectivity index (χ2v) is 5.33. The molecule has 0 amide bonds. The molecular weight excluding hydrogens is 271 g/mol. The number of nitrogens with two attached hydrogens (primary N) is 1. The van der Waals surface area contributed by atoms with Gasteiger partial charge >= 0.3 is 0 Å². The summed E-state index contributed by atoms with van der Waals surface area (Å²) in [6.07, 6.45) is 1.52. The molecule has 2 aliphatic rings. The zero-order valence-corrected chi connectivity index (χ0v) is 11.3. The third-order valence-electron chi connectivity index (χ3n) is 3.75. The van der Waals surface area contributed by atoms with Crippen molar-refractivity contribution in [3.05, 3.63) is 23.0 Å². The molecule has 0 unspecified atom stereocenters. The minimum absolute atomic E-state index is 0.0530. The predicted octanol–water partition coefficient (Wildman–Crippen LogP) is 2.40. The minimum atomic E-state index is -0.445. The molecule has 1 spiro atoms. The van der Waals surface area contributed by atoms with Crippen LogP contribution in [0, 0.1) is 5.82 Å². The summed E-state index contributed by atoms with van der Waals surface area (Å²) in [7, 11) is 0. The lowest BCUT2D eigenvalue weighted by Crippen LogP contribution is -2.45. The Balaban J connectivity index is 1.76. The molecule has 2 saturated heterocycles. The van der Waals surface area contributed by atoms with Crippen molar-refractivity contribution in [2.45, 2.75) is 18.6 Å². The average molecular weight is 287 g/mol. The number of nitrogens with zero attached hydrogens (tertiary/aromatic N) is 1. The molecule has 1 aromatic rings. The largest absolute Gasteiger partial charge is 0.397 e. The van der Waals surface area contributed by atoms with Gasteiger partial charge in [-0.2, -0.15) is 0 Å². The topological polar surface area (TPSA) is 47.7 Å². The van der Waals surface area contributed by atoms with Crippen LogP contribution in [0.15, 0.2) is 12.1 Å². The smallest absolute Gasteiger partial charge is 0.171 e. The van der Waals surface area contributed by atoms with E-state index < -0.39 is 11.6 Å². The number of piperidine rings is 1. The van der Waals surface area contributed by atoms with E-state index in [0.717, 1.165) is 25.9 Å². The van der Waals surface area contributed by atoms with Gasteiger partial charge in [-0.15, -0.1) is 0 Å². The molecule has 2 N–H and O–H groups in total. The van der Waals surface area contributed by atoms with Crippen LogP contribution in [0.1, 0.15) is 12.8 Å². The zero-order chi connectivity index (χ0) is 13.5. The summed E-state index contributed by atoms with van der Waals surface area (Å²) in [5.41, 5.74) is 7.10. The van der Waals surface area contributed by atoms with Crippen molar-refractivity contribution < 1.29 is 13.9 Å². The van der Waals surface area contributed by atoms with E-state index in [9.17, 15) is 4.39 Å². The Hall–Kier alpha value is -1.04. The molecule has 2 heterocycles. The van der Waals surface area contributed by atoms with Crippen molar-refractivity contribution in [1.82, 2.24) is 0 Å². The zero-order valence-electron chi connectivity index (χ0n) is 10.5. The molecule has 2 aliphatic heterocycles. The molecule has 2 fully saturated rings. The average Bonchev–Trinajstić information content (AvgIpc) is 2.84. The fourth-order valence-electron chi connectivity index (χ4n) is 2.70. The van der Waals surface area contributed by atoms with Gasteiger partial charge in [-0.25, -0.2) is 4.39 Å². The first-order chi connectivity index (χ1) is 9.10. The number of nitrogen functional groups attached to an aromatic ring is 1. The third-order valence-corrected chi connectivity index (χ3v) is 4.04. The van der Waals surface area contributed by atoms with Gasteiger partial charge in [0.05, 0.1) is 29.6 Å². The van der Waals surface area contributed by atoms with Crippen molar-refractivity contribution in [3.63, 3.8) is 0 Å². The van der Waals surface area contributed by atoms with Crippen molar-refractivity contribution >= 4 is 23.0 Å². The normalized spacial score (nSPS) is 22.1. The van der Waals surface area contributed by atoms with Crippen LogP contribution in [0.3, 0.4) is 0 Å². The maximum Gasteiger partial charge on any atom is 0.171 e. The molecule has 0 aromatic heterocycles. The maximum atomic E-state index is 13.5. The first-order valence-electron chi connectivity index (χ1n) is 6.37. The Kier molecular flexibility index (Phi) is 3.28. The van der Waals surface area contributed by atoms with Gasteiger partial charge in [0.25, 0.3) is 0 Å². The fraction of sp³-hybridized carbons (Fsp3) is 0.538. The molecule has 104 valence electrons. The number of anilines is 2. The highest BCUT2D eigenvalue weighted by Crippen LogP contribution is 2.36. The summed E-state index contributed by atoms with van der Waals surface area (Å²) in [6, 6.07) is 2.85. The Morgan fingerprint density at radius 1 is 1.21 bits per heavy atom. The second-order valence-electron chi connectivity index (χ2n) is 4.92. The molecular formula is C13H16ClFN2O2. The van der Waals surface area contributed by atoms with Crippen molar-refractivity contribution in [2.24, 2.45) is 0 Å². The van der Waals surface area contributed by atoms with E-state index in [2.05, 4.69) is 0 Å². The highest BCUT2D eigenvalue weighted by molar-refractivity contribution is 6.31. The number of rotatable bonds is 1. The SMILES string of the molecule is Nc1cc(Cl)c(F)cc1N1CCC2(CC1)OCCO2. The highest BCUT2D eigenvalue weighted by atomic mass is 35.5. The summed E-state index contributed by atoms with van der Waals surface area (Å²) in [5.74, 6) is -0.879. The fourth-order valence-corrected chi connectivity index (χ4v) is 2.87. The van der Waals surface area contributed by atoms with E-state index in [-0.39, 0.29) is 5.02 Å². The third kappa shape index (κ3) is 2.38. The van der Waals surface area contributed by atoms with Gasteiger partial charge in [-0.3, -0.25) is 0 Å². The maximum absolute atomic E-state index is 13.5.